The molecule has 7 nitrogen and oxygen atoms in total. The van der Waals surface area contributed by atoms with Gasteiger partial charge in [-0.15, -0.1) is 0 Å². The number of benzene rings is 1. The number of piperidine rings is 1. The van der Waals surface area contributed by atoms with Crippen LogP contribution in [0.2, 0.25) is 0 Å². The molecule has 0 bridgehead atoms. The van der Waals surface area contributed by atoms with Crippen LogP contribution in [-0.4, -0.2) is 63.9 Å². The first-order valence-electron chi connectivity index (χ1n) is 8.43. The molecule has 0 aliphatic carbocycles. The lowest BCUT2D eigenvalue weighted by Gasteiger charge is -2.40. The maximum Gasteiger partial charge on any atom is 0.317 e. The van der Waals surface area contributed by atoms with E-state index in [1.807, 2.05) is 4.90 Å². The number of hydrogen-bond acceptors (Lipinski definition) is 5. The number of aliphatic carboxylic acids is 2. The third-order valence-electron chi connectivity index (χ3n) is 4.27. The van der Waals surface area contributed by atoms with E-state index >= 15 is 0 Å². The predicted molar refractivity (Wildman–Crippen MR) is 94.4 cm³/mol. The van der Waals surface area contributed by atoms with Crippen molar-refractivity contribution in [3.8, 4) is 0 Å². The molecular weight excluding hydrogens is 343 g/mol. The fourth-order valence-corrected chi connectivity index (χ4v) is 2.75. The Labute approximate surface area is 152 Å². The Hall–Kier alpha value is -2.03. The first kappa shape index (κ1) is 22.0. The van der Waals surface area contributed by atoms with Gasteiger partial charge in [-0.2, -0.15) is 0 Å². The van der Waals surface area contributed by atoms with Crippen LogP contribution in [0.4, 0.5) is 4.39 Å². The van der Waals surface area contributed by atoms with Crippen LogP contribution in [0.25, 0.3) is 0 Å². The summed E-state index contributed by atoms with van der Waals surface area (Å²) in [5, 5.41) is 29.7. The zero-order valence-electron chi connectivity index (χ0n) is 15.1. The van der Waals surface area contributed by atoms with Crippen LogP contribution in [0.3, 0.4) is 0 Å². The van der Waals surface area contributed by atoms with Crippen LogP contribution >= 0.6 is 0 Å². The molecule has 8 heteroatoms. The van der Waals surface area contributed by atoms with Crippen LogP contribution < -0.4 is 5.32 Å². The molecule has 0 saturated carbocycles. The highest BCUT2D eigenvalue weighted by Gasteiger charge is 2.30. The van der Waals surface area contributed by atoms with E-state index in [1.54, 1.807) is 12.1 Å². The molecule has 4 N–H and O–H groups in total. The lowest BCUT2D eigenvalue weighted by atomic mass is 9.89. The first-order chi connectivity index (χ1) is 12.1. The second-order valence-electron chi connectivity index (χ2n) is 6.70. The number of aliphatic hydroxyl groups excluding tert-OH is 1. The molecule has 0 amide bonds. The van der Waals surface area contributed by atoms with E-state index in [4.69, 9.17) is 15.0 Å². The average molecular weight is 370 g/mol. The highest BCUT2D eigenvalue weighted by atomic mass is 19.1. The number of halogens is 1. The maximum absolute atomic E-state index is 13.2. The molecule has 1 aliphatic heterocycles. The van der Waals surface area contributed by atoms with Crippen LogP contribution in [0, 0.1) is 5.82 Å². The van der Waals surface area contributed by atoms with Gasteiger partial charge in [0.05, 0.1) is 12.6 Å². The lowest BCUT2D eigenvalue weighted by molar-refractivity contribution is -0.139. The summed E-state index contributed by atoms with van der Waals surface area (Å²) in [5.41, 5.74) is 0.419. The van der Waals surface area contributed by atoms with Crippen LogP contribution in [0.1, 0.15) is 38.4 Å². The van der Waals surface area contributed by atoms with E-state index in [1.165, 1.54) is 12.1 Å². The van der Waals surface area contributed by atoms with Gasteiger partial charge in [0, 0.05) is 32.1 Å². The van der Waals surface area contributed by atoms with Crippen molar-refractivity contribution in [2.24, 2.45) is 0 Å². The van der Waals surface area contributed by atoms with E-state index in [-0.39, 0.29) is 17.9 Å². The molecule has 1 heterocycles. The number of carboxylic acid groups (broad SMARTS) is 2. The van der Waals surface area contributed by atoms with Crippen molar-refractivity contribution in [2.75, 3.05) is 26.2 Å². The molecule has 1 saturated heterocycles. The van der Waals surface area contributed by atoms with Gasteiger partial charge in [-0.3, -0.25) is 14.5 Å². The van der Waals surface area contributed by atoms with E-state index in [9.17, 15) is 14.3 Å². The molecule has 0 aromatic heterocycles. The Morgan fingerprint density at radius 1 is 1.31 bits per heavy atom. The number of likely N-dealkylation sites (tertiary alicyclic amines) is 1. The van der Waals surface area contributed by atoms with Crippen molar-refractivity contribution >= 4 is 11.9 Å². The van der Waals surface area contributed by atoms with E-state index in [2.05, 4.69) is 12.2 Å². The molecule has 2 rings (SSSR count). The maximum atomic E-state index is 13.2. The summed E-state index contributed by atoms with van der Waals surface area (Å²) in [6, 6.07) is 5.97. The second kappa shape index (κ2) is 10.2. The Balaban J connectivity index is 0.000000765. The van der Waals surface area contributed by atoms with Crippen LogP contribution in [0.5, 0.6) is 0 Å². The monoisotopic (exact) mass is 370 g/mol. The van der Waals surface area contributed by atoms with Gasteiger partial charge in [-0.25, -0.2) is 4.39 Å². The zero-order valence-corrected chi connectivity index (χ0v) is 15.1. The topological polar surface area (TPSA) is 110 Å². The number of aliphatic hydroxyl groups is 1. The summed E-state index contributed by atoms with van der Waals surface area (Å²) in [6.45, 7) is 5.00. The Bertz CT molecular complexity index is 599. The molecule has 1 aromatic carbocycles. The molecule has 146 valence electrons. The SMILES string of the molecule is CC(=O)O.CC1(NC[C@H](O)c2cccc(F)c2)CCN(CC(=O)O)CC1. The summed E-state index contributed by atoms with van der Waals surface area (Å²) in [4.78, 5) is 21.6. The van der Waals surface area contributed by atoms with Crippen molar-refractivity contribution in [1.29, 1.82) is 0 Å². The molecule has 0 radical (unpaired) electrons. The third kappa shape index (κ3) is 8.37. The zero-order chi connectivity index (χ0) is 19.7. The molecule has 26 heavy (non-hydrogen) atoms. The van der Waals surface area contributed by atoms with Gasteiger partial charge in [0.2, 0.25) is 0 Å². The number of hydrogen-bond donors (Lipinski definition) is 4. The quantitative estimate of drug-likeness (QED) is 0.600. The summed E-state index contributed by atoms with van der Waals surface area (Å²) in [6.07, 6.45) is 0.872. The third-order valence-corrected chi connectivity index (χ3v) is 4.27. The standard InChI is InChI=1S/C16H23FN2O3.C2H4O2/c1-16(5-7-19(8-6-16)11-15(21)22)18-10-14(20)12-3-2-4-13(17)9-12;1-2(3)4/h2-4,9,14,18,20H,5-8,10-11H2,1H3,(H,21,22);1H3,(H,3,4)/t14-;/m0./s1. The minimum absolute atomic E-state index is 0.0714. The summed E-state index contributed by atoms with van der Waals surface area (Å²) < 4.78 is 13.2. The van der Waals surface area contributed by atoms with Crippen molar-refractivity contribution in [3.05, 3.63) is 35.6 Å². The largest absolute Gasteiger partial charge is 0.481 e. The van der Waals surface area contributed by atoms with Gasteiger partial charge < -0.3 is 20.6 Å². The molecule has 1 aromatic rings. The summed E-state index contributed by atoms with van der Waals surface area (Å²) >= 11 is 0. The molecule has 0 unspecified atom stereocenters. The predicted octanol–water partition coefficient (Wildman–Crippen LogP) is 1.48. The molecule has 1 atom stereocenters. The van der Waals surface area contributed by atoms with E-state index in [0.717, 1.165) is 19.8 Å². The van der Waals surface area contributed by atoms with Gasteiger partial charge in [0.1, 0.15) is 5.82 Å². The molecule has 1 fully saturated rings. The smallest absolute Gasteiger partial charge is 0.317 e. The van der Waals surface area contributed by atoms with E-state index in [0.29, 0.717) is 25.2 Å². The minimum Gasteiger partial charge on any atom is -0.481 e. The first-order valence-corrected chi connectivity index (χ1v) is 8.43. The number of nitrogens with one attached hydrogen (secondary N) is 1. The van der Waals surface area contributed by atoms with Gasteiger partial charge >= 0.3 is 5.97 Å². The number of carboxylic acids is 2. The normalized spacial score (nSPS) is 17.7. The number of carbonyl (C=O) groups is 2. The highest BCUT2D eigenvalue weighted by molar-refractivity contribution is 5.69. The van der Waals surface area contributed by atoms with Gasteiger partial charge in [0.25, 0.3) is 5.97 Å². The lowest BCUT2D eigenvalue weighted by Crippen LogP contribution is -2.53. The van der Waals surface area contributed by atoms with Crippen molar-refractivity contribution in [3.63, 3.8) is 0 Å². The van der Waals surface area contributed by atoms with Crippen molar-refractivity contribution in [1.82, 2.24) is 10.2 Å². The number of rotatable bonds is 6. The molecule has 0 spiro atoms. The van der Waals surface area contributed by atoms with E-state index < -0.39 is 18.0 Å². The minimum atomic E-state index is -0.833. The summed E-state index contributed by atoms with van der Waals surface area (Å²) in [7, 11) is 0. The highest BCUT2D eigenvalue weighted by Crippen LogP contribution is 2.23. The molecule has 1 aliphatic rings. The van der Waals surface area contributed by atoms with Crippen LogP contribution in [-0.2, 0) is 9.59 Å². The van der Waals surface area contributed by atoms with Gasteiger partial charge in [-0.05, 0) is 37.5 Å². The second-order valence-corrected chi connectivity index (χ2v) is 6.70. The summed E-state index contributed by atoms with van der Waals surface area (Å²) in [5.74, 6) is -2.00. The number of nitrogens with zero attached hydrogens (tertiary/aromatic N) is 1. The Kier molecular flexibility index (Phi) is 8.64. The van der Waals surface area contributed by atoms with Crippen LogP contribution in [0.15, 0.2) is 24.3 Å². The van der Waals surface area contributed by atoms with Crippen molar-refractivity contribution < 1.29 is 29.3 Å². The Morgan fingerprint density at radius 2 is 1.88 bits per heavy atom. The fourth-order valence-electron chi connectivity index (χ4n) is 2.75. The number of β-amino-alcohol motifs (C(OH)–C–C–N with tert-alkyl or cyclic N) is 1. The van der Waals surface area contributed by atoms with Gasteiger partial charge in [0.15, 0.2) is 0 Å². The van der Waals surface area contributed by atoms with Gasteiger partial charge in [-0.1, -0.05) is 12.1 Å². The average Bonchev–Trinajstić information content (AvgIpc) is 2.54. The molecular formula is C18H27FN2O5. The van der Waals surface area contributed by atoms with Crippen molar-refractivity contribution in [2.45, 2.75) is 38.3 Å². The Morgan fingerprint density at radius 3 is 2.38 bits per heavy atom. The fraction of sp³-hybridized carbons (Fsp3) is 0.556.